The van der Waals surface area contributed by atoms with Crippen molar-refractivity contribution in [2.45, 2.75) is 6.92 Å². The van der Waals surface area contributed by atoms with E-state index in [0.29, 0.717) is 10.8 Å². The Morgan fingerprint density at radius 3 is 2.74 bits per heavy atom. The SMILES string of the molecule is Cc1ccc(Oc2nc(C(=O)O)ccc2N)c(Cl)c1. The fraction of sp³-hybridized carbons (Fsp3) is 0.0769. The second-order valence-electron chi connectivity index (χ2n) is 3.93. The molecule has 0 amide bonds. The summed E-state index contributed by atoms with van der Waals surface area (Å²) in [5.41, 5.74) is 6.77. The molecule has 0 saturated carbocycles. The number of carbonyl (C=O) groups is 1. The van der Waals surface area contributed by atoms with Crippen LogP contribution in [0.1, 0.15) is 16.1 Å². The third-order valence-corrected chi connectivity index (χ3v) is 2.70. The molecular weight excluding hydrogens is 268 g/mol. The third kappa shape index (κ3) is 2.95. The van der Waals surface area contributed by atoms with Gasteiger partial charge in [-0.2, -0.15) is 0 Å². The number of benzene rings is 1. The number of pyridine rings is 1. The molecule has 1 aromatic heterocycles. The molecule has 0 radical (unpaired) electrons. The first-order valence-corrected chi connectivity index (χ1v) is 5.79. The summed E-state index contributed by atoms with van der Waals surface area (Å²) in [6.45, 7) is 1.90. The van der Waals surface area contributed by atoms with Gasteiger partial charge in [0.05, 0.1) is 10.7 Å². The minimum absolute atomic E-state index is 0.0191. The number of anilines is 1. The summed E-state index contributed by atoms with van der Waals surface area (Å²) < 4.78 is 5.45. The Hall–Kier alpha value is -2.27. The Balaban J connectivity index is 2.37. The van der Waals surface area contributed by atoms with Gasteiger partial charge < -0.3 is 15.6 Å². The number of nitrogens with two attached hydrogens (primary N) is 1. The molecule has 0 bridgehead atoms. The zero-order valence-corrected chi connectivity index (χ0v) is 10.8. The number of carboxylic acid groups (broad SMARTS) is 1. The fourth-order valence-corrected chi connectivity index (χ4v) is 1.72. The monoisotopic (exact) mass is 278 g/mol. The topological polar surface area (TPSA) is 85.4 Å². The van der Waals surface area contributed by atoms with Crippen LogP contribution in [0.2, 0.25) is 5.02 Å². The maximum absolute atomic E-state index is 10.8. The average Bonchev–Trinajstić information content (AvgIpc) is 2.34. The first-order chi connectivity index (χ1) is 8.97. The highest BCUT2D eigenvalue weighted by atomic mass is 35.5. The number of hydrogen-bond donors (Lipinski definition) is 2. The Morgan fingerprint density at radius 1 is 1.37 bits per heavy atom. The van der Waals surface area contributed by atoms with Crippen LogP contribution in [0.3, 0.4) is 0 Å². The number of nitrogen functional groups attached to an aromatic ring is 1. The molecule has 0 fully saturated rings. The molecule has 0 unspecified atom stereocenters. The first-order valence-electron chi connectivity index (χ1n) is 5.41. The zero-order valence-electron chi connectivity index (χ0n) is 10.1. The van der Waals surface area contributed by atoms with E-state index in [9.17, 15) is 4.79 Å². The van der Waals surface area contributed by atoms with Gasteiger partial charge >= 0.3 is 5.97 Å². The highest BCUT2D eigenvalue weighted by Gasteiger charge is 2.12. The highest BCUT2D eigenvalue weighted by molar-refractivity contribution is 6.32. The number of nitrogens with zero attached hydrogens (tertiary/aromatic N) is 1. The Morgan fingerprint density at radius 2 is 2.11 bits per heavy atom. The van der Waals surface area contributed by atoms with E-state index in [2.05, 4.69) is 4.98 Å². The number of rotatable bonds is 3. The number of carboxylic acids is 1. The van der Waals surface area contributed by atoms with Crippen molar-refractivity contribution < 1.29 is 14.6 Å². The lowest BCUT2D eigenvalue weighted by Crippen LogP contribution is -2.03. The summed E-state index contributed by atoms with van der Waals surface area (Å²) in [4.78, 5) is 14.7. The van der Waals surface area contributed by atoms with Gasteiger partial charge in [-0.05, 0) is 36.8 Å². The van der Waals surface area contributed by atoms with Crippen molar-refractivity contribution in [2.24, 2.45) is 0 Å². The Bertz CT molecular complexity index is 644. The zero-order chi connectivity index (χ0) is 14.0. The minimum atomic E-state index is -1.15. The molecule has 0 aliphatic carbocycles. The summed E-state index contributed by atoms with van der Waals surface area (Å²) >= 11 is 6.02. The molecule has 5 nitrogen and oxygen atoms in total. The van der Waals surface area contributed by atoms with Crippen LogP contribution in [-0.4, -0.2) is 16.1 Å². The number of aryl methyl sites for hydroxylation is 1. The van der Waals surface area contributed by atoms with E-state index in [0.717, 1.165) is 5.56 Å². The van der Waals surface area contributed by atoms with E-state index in [-0.39, 0.29) is 17.3 Å². The lowest BCUT2D eigenvalue weighted by molar-refractivity contribution is 0.0689. The largest absolute Gasteiger partial charge is 0.477 e. The van der Waals surface area contributed by atoms with Crippen LogP contribution in [0.5, 0.6) is 11.6 Å². The molecule has 6 heteroatoms. The lowest BCUT2D eigenvalue weighted by atomic mass is 10.2. The summed E-state index contributed by atoms with van der Waals surface area (Å²) in [5.74, 6) is -0.764. The van der Waals surface area contributed by atoms with Crippen molar-refractivity contribution in [3.05, 3.63) is 46.6 Å². The second-order valence-corrected chi connectivity index (χ2v) is 4.34. The number of halogens is 1. The van der Waals surface area contributed by atoms with Gasteiger partial charge in [0.1, 0.15) is 5.75 Å². The smallest absolute Gasteiger partial charge is 0.354 e. The molecular formula is C13H11ClN2O3. The number of hydrogen-bond acceptors (Lipinski definition) is 4. The average molecular weight is 279 g/mol. The normalized spacial score (nSPS) is 10.2. The van der Waals surface area contributed by atoms with Crippen LogP contribution >= 0.6 is 11.6 Å². The molecule has 0 aliphatic heterocycles. The molecule has 2 rings (SSSR count). The number of ether oxygens (including phenoxy) is 1. The van der Waals surface area contributed by atoms with Crippen LogP contribution in [-0.2, 0) is 0 Å². The molecule has 3 N–H and O–H groups in total. The quantitative estimate of drug-likeness (QED) is 0.901. The van der Waals surface area contributed by atoms with Gasteiger partial charge in [-0.1, -0.05) is 17.7 Å². The molecule has 19 heavy (non-hydrogen) atoms. The van der Waals surface area contributed by atoms with Crippen LogP contribution in [0, 0.1) is 6.92 Å². The van der Waals surface area contributed by atoms with E-state index < -0.39 is 5.97 Å². The summed E-state index contributed by atoms with van der Waals surface area (Å²) in [5, 5.41) is 9.28. The van der Waals surface area contributed by atoms with Gasteiger partial charge in [0, 0.05) is 0 Å². The predicted molar refractivity (Wildman–Crippen MR) is 71.9 cm³/mol. The van der Waals surface area contributed by atoms with E-state index in [4.69, 9.17) is 27.2 Å². The molecule has 0 saturated heterocycles. The maximum atomic E-state index is 10.8. The van der Waals surface area contributed by atoms with Gasteiger partial charge in [0.2, 0.25) is 5.88 Å². The first kappa shape index (κ1) is 13.2. The van der Waals surface area contributed by atoms with E-state index in [1.807, 2.05) is 13.0 Å². The summed E-state index contributed by atoms with van der Waals surface area (Å²) in [6.07, 6.45) is 0. The van der Waals surface area contributed by atoms with Crippen LogP contribution in [0.25, 0.3) is 0 Å². The lowest BCUT2D eigenvalue weighted by Gasteiger charge is -2.09. The summed E-state index contributed by atoms with van der Waals surface area (Å²) in [6, 6.07) is 7.95. The minimum Gasteiger partial charge on any atom is -0.477 e. The van der Waals surface area contributed by atoms with Crippen molar-refractivity contribution >= 4 is 23.3 Å². The van der Waals surface area contributed by atoms with Crippen LogP contribution < -0.4 is 10.5 Å². The van der Waals surface area contributed by atoms with Crippen LogP contribution in [0.4, 0.5) is 5.69 Å². The van der Waals surface area contributed by atoms with E-state index >= 15 is 0 Å². The third-order valence-electron chi connectivity index (χ3n) is 2.40. The molecule has 1 aromatic carbocycles. The van der Waals surface area contributed by atoms with E-state index in [1.165, 1.54) is 12.1 Å². The molecule has 2 aromatic rings. The number of aromatic nitrogens is 1. The maximum Gasteiger partial charge on any atom is 0.354 e. The molecule has 98 valence electrons. The molecule has 0 spiro atoms. The highest BCUT2D eigenvalue weighted by Crippen LogP contribution is 2.31. The molecule has 1 heterocycles. The Labute approximate surface area is 114 Å². The van der Waals surface area contributed by atoms with Gasteiger partial charge in [-0.15, -0.1) is 0 Å². The van der Waals surface area contributed by atoms with Gasteiger partial charge in [0.25, 0.3) is 0 Å². The van der Waals surface area contributed by atoms with Gasteiger partial charge in [-0.3, -0.25) is 0 Å². The van der Waals surface area contributed by atoms with Crippen molar-refractivity contribution in [3.63, 3.8) is 0 Å². The standard InChI is InChI=1S/C13H11ClN2O3/c1-7-2-5-11(8(14)6-7)19-12-9(15)3-4-10(16-12)13(17)18/h2-6H,15H2,1H3,(H,17,18). The summed E-state index contributed by atoms with van der Waals surface area (Å²) in [7, 11) is 0. The van der Waals surface area contributed by atoms with Crippen molar-refractivity contribution in [1.29, 1.82) is 0 Å². The second kappa shape index (κ2) is 5.16. The Kier molecular flexibility index (Phi) is 3.57. The van der Waals surface area contributed by atoms with Gasteiger partial charge in [0.15, 0.2) is 5.69 Å². The molecule has 0 aliphatic rings. The molecule has 0 atom stereocenters. The fourth-order valence-electron chi connectivity index (χ4n) is 1.44. The van der Waals surface area contributed by atoms with Crippen molar-refractivity contribution in [2.75, 3.05) is 5.73 Å². The van der Waals surface area contributed by atoms with Gasteiger partial charge in [-0.25, -0.2) is 9.78 Å². The van der Waals surface area contributed by atoms with Crippen LogP contribution in [0.15, 0.2) is 30.3 Å². The van der Waals surface area contributed by atoms with Crippen molar-refractivity contribution in [1.82, 2.24) is 4.98 Å². The predicted octanol–water partition coefficient (Wildman–Crippen LogP) is 3.12. The van der Waals surface area contributed by atoms with Crippen molar-refractivity contribution in [3.8, 4) is 11.6 Å². The number of aromatic carboxylic acids is 1. The van der Waals surface area contributed by atoms with E-state index in [1.54, 1.807) is 12.1 Å².